The van der Waals surface area contributed by atoms with Crippen LogP contribution in [-0.2, 0) is 4.79 Å². The average molecular weight is 272 g/mol. The Labute approximate surface area is 119 Å². The first-order valence-electron chi connectivity index (χ1n) is 7.19. The van der Waals surface area contributed by atoms with E-state index in [4.69, 9.17) is 4.42 Å². The highest BCUT2D eigenvalue weighted by Gasteiger charge is 2.45. The maximum Gasteiger partial charge on any atom is 0.184 e. The molecule has 1 fully saturated rings. The Morgan fingerprint density at radius 2 is 2.30 bits per heavy atom. The lowest BCUT2D eigenvalue weighted by molar-refractivity contribution is -0.113. The molecule has 1 heterocycles. The number of furan rings is 1. The number of ketones is 1. The van der Waals surface area contributed by atoms with Crippen LogP contribution < -0.4 is 0 Å². The highest BCUT2D eigenvalue weighted by molar-refractivity contribution is 6.12. The minimum Gasteiger partial charge on any atom is -0.465 e. The summed E-state index contributed by atoms with van der Waals surface area (Å²) in [5.41, 5.74) is 2.41. The van der Waals surface area contributed by atoms with Crippen LogP contribution in [0.2, 0.25) is 0 Å². The Morgan fingerprint density at radius 3 is 3.00 bits per heavy atom. The topological polar surface area (TPSA) is 50.4 Å². The molecule has 0 radical (unpaired) electrons. The summed E-state index contributed by atoms with van der Waals surface area (Å²) in [6, 6.07) is 3.65. The van der Waals surface area contributed by atoms with Crippen molar-refractivity contribution in [1.29, 1.82) is 0 Å². The Kier molecular flexibility index (Phi) is 3.17. The summed E-state index contributed by atoms with van der Waals surface area (Å²) in [5.74, 6) is 0.793. The number of carbonyl (C=O) groups excluding carboxylic acids is 1. The molecular weight excluding hydrogens is 252 g/mol. The molecule has 2 aliphatic carbocycles. The number of aliphatic hydroxyl groups excluding tert-OH is 1. The van der Waals surface area contributed by atoms with E-state index in [2.05, 4.69) is 6.92 Å². The molecule has 0 saturated heterocycles. The normalized spacial score (nSPS) is 32.6. The molecule has 3 nitrogen and oxygen atoms in total. The van der Waals surface area contributed by atoms with Crippen LogP contribution in [0.15, 0.2) is 39.5 Å². The molecule has 0 spiro atoms. The van der Waals surface area contributed by atoms with E-state index in [0.717, 1.165) is 36.0 Å². The second-order valence-electron chi connectivity index (χ2n) is 6.12. The zero-order valence-corrected chi connectivity index (χ0v) is 12.0. The largest absolute Gasteiger partial charge is 0.465 e. The summed E-state index contributed by atoms with van der Waals surface area (Å²) in [7, 11) is 0. The van der Waals surface area contributed by atoms with Crippen LogP contribution in [0, 0.1) is 5.41 Å². The van der Waals surface area contributed by atoms with Gasteiger partial charge in [0.15, 0.2) is 5.78 Å². The molecule has 0 unspecified atom stereocenters. The molecule has 1 N–H and O–H groups in total. The van der Waals surface area contributed by atoms with Gasteiger partial charge < -0.3 is 9.52 Å². The molecule has 0 bridgehead atoms. The lowest BCUT2D eigenvalue weighted by atomic mass is 9.61. The smallest absolute Gasteiger partial charge is 0.184 e. The van der Waals surface area contributed by atoms with Gasteiger partial charge in [-0.2, -0.15) is 0 Å². The first-order valence-corrected chi connectivity index (χ1v) is 7.19. The van der Waals surface area contributed by atoms with Gasteiger partial charge in [-0.15, -0.1) is 0 Å². The first-order chi connectivity index (χ1) is 9.52. The van der Waals surface area contributed by atoms with Gasteiger partial charge in [0.25, 0.3) is 0 Å². The van der Waals surface area contributed by atoms with Crippen LogP contribution in [0.3, 0.4) is 0 Å². The van der Waals surface area contributed by atoms with Gasteiger partial charge in [-0.1, -0.05) is 12.5 Å². The van der Waals surface area contributed by atoms with Gasteiger partial charge in [-0.3, -0.25) is 4.79 Å². The fourth-order valence-electron chi connectivity index (χ4n) is 3.63. The number of carbonyl (C=O) groups is 1. The SMILES string of the molecule is CC1=C2CCC[C@H](O)[C@@]2(C)C/C(=C\c2ccco2)C1=O. The number of Topliss-reactive ketones (excluding diaryl/α,β-unsaturated/α-hetero) is 1. The fourth-order valence-corrected chi connectivity index (χ4v) is 3.63. The van der Waals surface area contributed by atoms with Gasteiger partial charge in [-0.05, 0) is 56.4 Å². The van der Waals surface area contributed by atoms with Crippen molar-refractivity contribution < 1.29 is 14.3 Å². The summed E-state index contributed by atoms with van der Waals surface area (Å²) < 4.78 is 5.31. The van der Waals surface area contributed by atoms with Crippen molar-refractivity contribution in [1.82, 2.24) is 0 Å². The third-order valence-corrected chi connectivity index (χ3v) is 4.83. The Bertz CT molecular complexity index is 592. The highest BCUT2D eigenvalue weighted by atomic mass is 16.3. The molecule has 20 heavy (non-hydrogen) atoms. The van der Waals surface area contributed by atoms with Crippen LogP contribution >= 0.6 is 0 Å². The first kappa shape index (κ1) is 13.4. The molecule has 1 aromatic rings. The predicted molar refractivity (Wildman–Crippen MR) is 77.0 cm³/mol. The van der Waals surface area contributed by atoms with Gasteiger partial charge in [0.2, 0.25) is 0 Å². The lowest BCUT2D eigenvalue weighted by Gasteiger charge is -2.45. The summed E-state index contributed by atoms with van der Waals surface area (Å²) >= 11 is 0. The van der Waals surface area contributed by atoms with Crippen LogP contribution in [0.4, 0.5) is 0 Å². The van der Waals surface area contributed by atoms with E-state index in [1.165, 1.54) is 0 Å². The minimum atomic E-state index is -0.366. The van der Waals surface area contributed by atoms with E-state index in [0.29, 0.717) is 12.2 Å². The zero-order valence-electron chi connectivity index (χ0n) is 12.0. The Balaban J connectivity index is 2.06. The Morgan fingerprint density at radius 1 is 1.50 bits per heavy atom. The molecule has 3 rings (SSSR count). The van der Waals surface area contributed by atoms with Gasteiger partial charge in [-0.25, -0.2) is 0 Å². The maximum atomic E-state index is 12.5. The number of rotatable bonds is 1. The van der Waals surface area contributed by atoms with Crippen LogP contribution in [0.5, 0.6) is 0 Å². The number of hydrogen-bond donors (Lipinski definition) is 1. The van der Waals surface area contributed by atoms with Crippen molar-refractivity contribution in [2.45, 2.75) is 45.6 Å². The minimum absolute atomic E-state index is 0.1000. The van der Waals surface area contributed by atoms with Crippen molar-refractivity contribution in [3.63, 3.8) is 0 Å². The maximum absolute atomic E-state index is 12.5. The zero-order chi connectivity index (χ0) is 14.3. The third-order valence-electron chi connectivity index (χ3n) is 4.83. The molecule has 2 aliphatic rings. The van der Waals surface area contributed by atoms with Gasteiger partial charge >= 0.3 is 0 Å². The van der Waals surface area contributed by atoms with Crippen LogP contribution in [0.25, 0.3) is 6.08 Å². The predicted octanol–water partition coefficient (Wildman–Crippen LogP) is 3.50. The summed E-state index contributed by atoms with van der Waals surface area (Å²) in [4.78, 5) is 12.5. The second-order valence-corrected chi connectivity index (χ2v) is 6.12. The van der Waals surface area contributed by atoms with E-state index in [1.54, 1.807) is 6.26 Å². The van der Waals surface area contributed by atoms with Crippen molar-refractivity contribution in [2.24, 2.45) is 5.41 Å². The monoisotopic (exact) mass is 272 g/mol. The van der Waals surface area contributed by atoms with Crippen molar-refractivity contribution in [2.75, 3.05) is 0 Å². The van der Waals surface area contributed by atoms with Gasteiger partial charge in [0.1, 0.15) is 5.76 Å². The molecule has 3 heteroatoms. The number of allylic oxidation sites excluding steroid dienone is 2. The third kappa shape index (κ3) is 1.97. The molecule has 106 valence electrons. The van der Waals surface area contributed by atoms with E-state index in [9.17, 15) is 9.90 Å². The summed E-state index contributed by atoms with van der Waals surface area (Å²) in [6.07, 6.45) is 6.36. The van der Waals surface area contributed by atoms with Crippen molar-refractivity contribution in [3.8, 4) is 0 Å². The van der Waals surface area contributed by atoms with Gasteiger partial charge in [0, 0.05) is 11.0 Å². The van der Waals surface area contributed by atoms with Crippen LogP contribution in [0.1, 0.15) is 45.3 Å². The second kappa shape index (κ2) is 4.74. The highest BCUT2D eigenvalue weighted by Crippen LogP contribution is 2.50. The summed E-state index contributed by atoms with van der Waals surface area (Å²) in [5, 5.41) is 10.4. The molecule has 1 aromatic heterocycles. The van der Waals surface area contributed by atoms with Crippen LogP contribution in [-0.4, -0.2) is 17.0 Å². The molecular formula is C17H20O3. The van der Waals surface area contributed by atoms with Crippen molar-refractivity contribution >= 4 is 11.9 Å². The quantitative estimate of drug-likeness (QED) is 0.796. The molecule has 0 aliphatic heterocycles. The molecule has 0 aromatic carbocycles. The van der Waals surface area contributed by atoms with Crippen molar-refractivity contribution in [3.05, 3.63) is 40.9 Å². The number of fused-ring (bicyclic) bond motifs is 1. The fraction of sp³-hybridized carbons (Fsp3) is 0.471. The number of aliphatic hydroxyl groups is 1. The standard InChI is InChI=1S/C17H20O3/c1-11-14-6-3-7-15(18)17(14,2)10-12(16(11)19)9-13-5-4-8-20-13/h4-5,8-9,15,18H,3,6-7,10H2,1-2H3/b12-9+/t15-,17-/m0/s1. The lowest BCUT2D eigenvalue weighted by Crippen LogP contribution is -2.42. The Hall–Kier alpha value is -1.61. The molecule has 0 amide bonds. The van der Waals surface area contributed by atoms with E-state index >= 15 is 0 Å². The molecule has 2 atom stereocenters. The molecule has 1 saturated carbocycles. The van der Waals surface area contributed by atoms with Gasteiger partial charge in [0.05, 0.1) is 12.4 Å². The van der Waals surface area contributed by atoms with E-state index < -0.39 is 0 Å². The van der Waals surface area contributed by atoms with E-state index in [1.807, 2.05) is 25.1 Å². The van der Waals surface area contributed by atoms with E-state index in [-0.39, 0.29) is 17.3 Å². The average Bonchev–Trinajstić information content (AvgIpc) is 2.91. The summed E-state index contributed by atoms with van der Waals surface area (Å²) in [6.45, 7) is 3.97. The number of hydrogen-bond acceptors (Lipinski definition) is 3.